The number of rotatable bonds is 4. The van der Waals surface area contributed by atoms with Gasteiger partial charge in [0.1, 0.15) is 6.61 Å². The lowest BCUT2D eigenvalue weighted by Crippen LogP contribution is -2.45. The van der Waals surface area contributed by atoms with Gasteiger partial charge in [0.25, 0.3) is 0 Å². The lowest BCUT2D eigenvalue weighted by atomic mass is 9.94. The summed E-state index contributed by atoms with van der Waals surface area (Å²) >= 11 is 13.8. The Kier molecular flexibility index (Phi) is 6.18. The van der Waals surface area contributed by atoms with Crippen LogP contribution in [0.1, 0.15) is 30.5 Å². The Morgan fingerprint density at radius 1 is 1.20 bits per heavy atom. The van der Waals surface area contributed by atoms with E-state index < -0.39 is 12.0 Å². The second-order valence-electron chi connectivity index (χ2n) is 6.89. The normalized spacial score (nSPS) is 18.8. The fraction of sp³-hybridized carbons (Fsp3) is 0.227. The average molecular weight is 461 g/mol. The quantitative estimate of drug-likeness (QED) is 0.574. The zero-order chi connectivity index (χ0) is 21.3. The highest BCUT2D eigenvalue weighted by molar-refractivity contribution is 8.14. The predicted octanol–water partition coefficient (Wildman–Crippen LogP) is 5.39. The van der Waals surface area contributed by atoms with Gasteiger partial charge < -0.3 is 4.74 Å². The van der Waals surface area contributed by atoms with Crippen molar-refractivity contribution in [2.75, 3.05) is 5.75 Å². The van der Waals surface area contributed by atoms with E-state index in [0.29, 0.717) is 44.2 Å². The molecule has 2 aromatic carbocycles. The van der Waals surface area contributed by atoms with Crippen LogP contribution in [0.5, 0.6) is 0 Å². The number of esters is 1. The molecule has 0 aliphatic carbocycles. The van der Waals surface area contributed by atoms with E-state index in [2.05, 4.69) is 4.99 Å². The Labute approximate surface area is 188 Å². The topological polar surface area (TPSA) is 59.0 Å². The van der Waals surface area contributed by atoms with Gasteiger partial charge in [-0.3, -0.25) is 9.69 Å². The summed E-state index contributed by atoms with van der Waals surface area (Å²) in [6.07, 6.45) is 0.368. The molecule has 2 aliphatic rings. The fourth-order valence-electron chi connectivity index (χ4n) is 3.46. The minimum atomic E-state index is -0.671. The number of hydrogen-bond acceptors (Lipinski definition) is 5. The van der Waals surface area contributed by atoms with Gasteiger partial charge in [-0.25, -0.2) is 9.79 Å². The molecular weight excluding hydrogens is 443 g/mol. The highest BCUT2D eigenvalue weighted by Gasteiger charge is 2.41. The number of hydrogen-bond donors (Lipinski definition) is 0. The third-order valence-electron chi connectivity index (χ3n) is 4.90. The van der Waals surface area contributed by atoms with Gasteiger partial charge in [-0.1, -0.05) is 71.4 Å². The van der Waals surface area contributed by atoms with Crippen molar-refractivity contribution >= 4 is 52.0 Å². The van der Waals surface area contributed by atoms with Crippen LogP contribution >= 0.6 is 35.0 Å². The molecule has 0 N–H and O–H groups in total. The van der Waals surface area contributed by atoms with Gasteiger partial charge in [-0.05, 0) is 30.2 Å². The highest BCUT2D eigenvalue weighted by Crippen LogP contribution is 2.41. The van der Waals surface area contributed by atoms with Crippen LogP contribution in [-0.4, -0.2) is 27.7 Å². The molecule has 2 heterocycles. The second-order valence-corrected chi connectivity index (χ2v) is 8.77. The zero-order valence-corrected chi connectivity index (χ0v) is 18.4. The van der Waals surface area contributed by atoms with Crippen molar-refractivity contribution in [1.82, 2.24) is 4.90 Å². The third kappa shape index (κ3) is 4.13. The first kappa shape index (κ1) is 21.0. The Morgan fingerprint density at radius 2 is 1.97 bits per heavy atom. The smallest absolute Gasteiger partial charge is 0.338 e. The van der Waals surface area contributed by atoms with Crippen LogP contribution < -0.4 is 0 Å². The van der Waals surface area contributed by atoms with Crippen LogP contribution in [-0.2, 0) is 20.9 Å². The SMILES string of the molecule is CC1=C(C(=O)OCc2ccccc2)[C@@H](c2ccc(Cl)c(Cl)c2)N2C(=O)CCSC2=N1. The molecule has 154 valence electrons. The van der Waals surface area contributed by atoms with Gasteiger partial charge in [-0.2, -0.15) is 0 Å². The molecule has 4 rings (SSSR count). The molecular formula is C22H18Cl2N2O3S. The molecule has 2 aliphatic heterocycles. The van der Waals surface area contributed by atoms with Crippen LogP contribution in [0.15, 0.2) is 64.8 Å². The Bertz CT molecular complexity index is 1070. The van der Waals surface area contributed by atoms with Crippen molar-refractivity contribution in [2.24, 2.45) is 4.99 Å². The summed E-state index contributed by atoms with van der Waals surface area (Å²) in [5.74, 6) is 0.0478. The number of halogens is 2. The highest BCUT2D eigenvalue weighted by atomic mass is 35.5. The molecule has 0 aromatic heterocycles. The van der Waals surface area contributed by atoms with Crippen molar-refractivity contribution in [2.45, 2.75) is 26.0 Å². The zero-order valence-electron chi connectivity index (χ0n) is 16.1. The summed E-state index contributed by atoms with van der Waals surface area (Å²) in [7, 11) is 0. The van der Waals surface area contributed by atoms with Crippen LogP contribution in [0.2, 0.25) is 10.0 Å². The number of nitrogens with zero attached hydrogens (tertiary/aromatic N) is 2. The second kappa shape index (κ2) is 8.84. The maximum absolute atomic E-state index is 13.1. The molecule has 0 saturated carbocycles. The first-order valence-corrected chi connectivity index (χ1v) is 11.1. The first-order valence-electron chi connectivity index (χ1n) is 9.36. The summed E-state index contributed by atoms with van der Waals surface area (Å²) < 4.78 is 5.59. The van der Waals surface area contributed by atoms with E-state index >= 15 is 0 Å². The van der Waals surface area contributed by atoms with Crippen molar-refractivity contribution < 1.29 is 14.3 Å². The van der Waals surface area contributed by atoms with Gasteiger partial charge in [0.2, 0.25) is 5.91 Å². The standard InChI is InChI=1S/C22H18Cl2N2O3S/c1-13-19(21(28)29-12-14-5-3-2-4-6-14)20(15-7-8-16(23)17(24)11-15)26-18(27)9-10-30-22(26)25-13/h2-8,11,20H,9-10,12H2,1H3/t20-/m1/s1. The number of allylic oxidation sites excluding steroid dienone is 1. The lowest BCUT2D eigenvalue weighted by Gasteiger charge is -2.39. The molecule has 0 unspecified atom stereocenters. The van der Waals surface area contributed by atoms with Crippen LogP contribution in [0.25, 0.3) is 0 Å². The van der Waals surface area contributed by atoms with Crippen molar-refractivity contribution in [1.29, 1.82) is 0 Å². The Hall–Kier alpha value is -2.28. The Morgan fingerprint density at radius 3 is 2.70 bits per heavy atom. The first-order chi connectivity index (χ1) is 14.5. The van der Waals surface area contributed by atoms with Crippen molar-refractivity contribution in [3.05, 3.63) is 81.0 Å². The molecule has 0 radical (unpaired) electrons. The summed E-state index contributed by atoms with van der Waals surface area (Å²) in [4.78, 5) is 32.1. The summed E-state index contributed by atoms with van der Waals surface area (Å²) in [6, 6.07) is 13.9. The average Bonchev–Trinajstić information content (AvgIpc) is 2.74. The minimum absolute atomic E-state index is 0.0931. The summed E-state index contributed by atoms with van der Waals surface area (Å²) in [5, 5.41) is 1.34. The van der Waals surface area contributed by atoms with Crippen LogP contribution in [0, 0.1) is 0 Å². The van der Waals surface area contributed by atoms with E-state index in [1.165, 1.54) is 11.8 Å². The number of carbonyl (C=O) groups is 2. The molecule has 1 amide bonds. The number of benzene rings is 2. The van der Waals surface area contributed by atoms with Crippen molar-refractivity contribution in [3.63, 3.8) is 0 Å². The van der Waals surface area contributed by atoms with Crippen LogP contribution in [0.3, 0.4) is 0 Å². The lowest BCUT2D eigenvalue weighted by molar-refractivity contribution is -0.141. The monoisotopic (exact) mass is 460 g/mol. The maximum atomic E-state index is 13.1. The number of amides is 1. The molecule has 0 bridgehead atoms. The summed E-state index contributed by atoms with van der Waals surface area (Å²) in [6.45, 7) is 1.89. The fourth-order valence-corrected chi connectivity index (χ4v) is 4.77. The van der Waals surface area contributed by atoms with Gasteiger partial charge in [0.15, 0.2) is 5.17 Å². The number of ether oxygens (including phenoxy) is 1. The molecule has 1 atom stereocenters. The van der Waals surface area contributed by atoms with E-state index in [9.17, 15) is 9.59 Å². The number of amidine groups is 1. The number of aliphatic imine (C=N–C) groups is 1. The van der Waals surface area contributed by atoms with E-state index in [-0.39, 0.29) is 12.5 Å². The summed E-state index contributed by atoms with van der Waals surface area (Å²) in [5.41, 5.74) is 2.40. The molecule has 8 heteroatoms. The largest absolute Gasteiger partial charge is 0.457 e. The molecule has 1 fully saturated rings. The molecule has 5 nitrogen and oxygen atoms in total. The minimum Gasteiger partial charge on any atom is -0.457 e. The molecule has 2 aromatic rings. The van der Waals surface area contributed by atoms with Gasteiger partial charge in [0.05, 0.1) is 27.4 Å². The van der Waals surface area contributed by atoms with E-state index in [1.54, 1.807) is 30.0 Å². The van der Waals surface area contributed by atoms with E-state index in [1.807, 2.05) is 30.3 Å². The van der Waals surface area contributed by atoms with Crippen LogP contribution in [0.4, 0.5) is 0 Å². The van der Waals surface area contributed by atoms with E-state index in [4.69, 9.17) is 27.9 Å². The number of fused-ring (bicyclic) bond motifs is 1. The van der Waals surface area contributed by atoms with E-state index in [0.717, 1.165) is 5.56 Å². The van der Waals surface area contributed by atoms with Gasteiger partial charge in [0, 0.05) is 12.2 Å². The van der Waals surface area contributed by atoms with Gasteiger partial charge >= 0.3 is 5.97 Å². The van der Waals surface area contributed by atoms with Crippen molar-refractivity contribution in [3.8, 4) is 0 Å². The Balaban J connectivity index is 1.73. The predicted molar refractivity (Wildman–Crippen MR) is 119 cm³/mol. The number of thioether (sulfide) groups is 1. The third-order valence-corrected chi connectivity index (χ3v) is 6.59. The molecule has 0 spiro atoms. The molecule has 30 heavy (non-hydrogen) atoms. The maximum Gasteiger partial charge on any atom is 0.338 e. The number of carbonyl (C=O) groups excluding carboxylic acids is 2. The molecule has 1 saturated heterocycles. The van der Waals surface area contributed by atoms with Gasteiger partial charge in [-0.15, -0.1) is 0 Å².